The second kappa shape index (κ2) is 5.66. The van der Waals surface area contributed by atoms with Crippen molar-refractivity contribution in [2.24, 2.45) is 0 Å². The number of rotatable bonds is 2. The number of amides is 1. The van der Waals surface area contributed by atoms with Crippen molar-refractivity contribution in [3.8, 4) is 0 Å². The van der Waals surface area contributed by atoms with Crippen molar-refractivity contribution >= 4 is 11.6 Å². The Labute approximate surface area is 113 Å². The molecule has 1 aliphatic heterocycles. The lowest BCUT2D eigenvalue weighted by molar-refractivity contribution is -0.141. The number of nitrogens with one attached hydrogen (secondary N) is 1. The number of hydrogen-bond acceptors (Lipinski definition) is 4. The summed E-state index contributed by atoms with van der Waals surface area (Å²) in [7, 11) is 1.50. The number of likely N-dealkylation sites (N-methyl/N-ethyl adjacent to an activating group) is 1. The molecule has 20 heavy (non-hydrogen) atoms. The molecule has 1 fully saturated rings. The maximum atomic E-state index is 12.4. The summed E-state index contributed by atoms with van der Waals surface area (Å²) in [6.07, 6.45) is -3.92. The number of carbonyl (C=O) groups is 1. The van der Waals surface area contributed by atoms with Crippen LogP contribution in [0.5, 0.6) is 0 Å². The predicted molar refractivity (Wildman–Crippen MR) is 65.3 cm³/mol. The Bertz CT molecular complexity index is 476. The van der Waals surface area contributed by atoms with Gasteiger partial charge in [-0.05, 0) is 12.1 Å². The molecule has 1 unspecified atom stereocenters. The van der Waals surface area contributed by atoms with Gasteiger partial charge in [0, 0.05) is 13.6 Å². The fourth-order valence-electron chi connectivity index (χ4n) is 1.94. The third-order valence-electron chi connectivity index (χ3n) is 3.01. The Kier molecular flexibility index (Phi) is 4.12. The highest BCUT2D eigenvalue weighted by atomic mass is 19.4. The molecule has 0 bridgehead atoms. The second-order valence-electron chi connectivity index (χ2n) is 4.32. The van der Waals surface area contributed by atoms with Crippen molar-refractivity contribution in [1.82, 2.24) is 10.3 Å². The van der Waals surface area contributed by atoms with Crippen molar-refractivity contribution < 1.29 is 22.7 Å². The van der Waals surface area contributed by atoms with Crippen molar-refractivity contribution in [2.75, 3.05) is 31.6 Å². The van der Waals surface area contributed by atoms with Gasteiger partial charge in [-0.1, -0.05) is 0 Å². The minimum absolute atomic E-state index is 0.255. The molecule has 1 atom stereocenters. The molecular formula is C12H14F3N3O2. The summed E-state index contributed by atoms with van der Waals surface area (Å²) in [6, 6.07) is 2.28. The van der Waals surface area contributed by atoms with Gasteiger partial charge in [0.1, 0.15) is 5.69 Å². The van der Waals surface area contributed by atoms with Crippen molar-refractivity contribution in [1.29, 1.82) is 0 Å². The smallest absolute Gasteiger partial charge is 0.365 e. The summed E-state index contributed by atoms with van der Waals surface area (Å²) in [5.41, 5.74) is -0.396. The predicted octanol–water partition coefficient (Wildman–Crippen LogP) is 1.05. The first-order valence-corrected chi connectivity index (χ1v) is 6.03. The van der Waals surface area contributed by atoms with Gasteiger partial charge in [-0.2, -0.15) is 13.2 Å². The standard InChI is InChI=1S/C12H14F3N3O2/c1-16-11(19)9-7-18(4-5-20-9)8-2-3-10(17-6-8)12(13,14)15/h2-3,6,9H,4-5,7H2,1H3,(H,16,19). The van der Waals surface area contributed by atoms with E-state index in [4.69, 9.17) is 4.74 Å². The van der Waals surface area contributed by atoms with E-state index in [-0.39, 0.29) is 12.5 Å². The highest BCUT2D eigenvalue weighted by molar-refractivity contribution is 5.81. The molecule has 110 valence electrons. The second-order valence-corrected chi connectivity index (χ2v) is 4.32. The summed E-state index contributed by atoms with van der Waals surface area (Å²) in [5.74, 6) is -0.255. The topological polar surface area (TPSA) is 54.5 Å². The zero-order valence-corrected chi connectivity index (χ0v) is 10.8. The monoisotopic (exact) mass is 289 g/mol. The molecule has 1 aromatic heterocycles. The average molecular weight is 289 g/mol. The Morgan fingerprint density at radius 3 is 2.80 bits per heavy atom. The normalized spacial score (nSPS) is 19.8. The van der Waals surface area contributed by atoms with Gasteiger partial charge in [0.05, 0.1) is 25.0 Å². The highest BCUT2D eigenvalue weighted by Gasteiger charge is 2.32. The first-order valence-electron chi connectivity index (χ1n) is 6.03. The molecule has 1 aliphatic rings. The Morgan fingerprint density at radius 2 is 2.25 bits per heavy atom. The molecule has 2 rings (SSSR count). The van der Waals surface area contributed by atoms with Gasteiger partial charge in [0.15, 0.2) is 6.10 Å². The fourth-order valence-corrected chi connectivity index (χ4v) is 1.94. The van der Waals surface area contributed by atoms with E-state index < -0.39 is 18.0 Å². The first kappa shape index (κ1) is 14.6. The molecule has 0 saturated carbocycles. The molecule has 1 amide bonds. The summed E-state index contributed by atoms with van der Waals surface area (Å²) in [6.45, 7) is 1.12. The van der Waals surface area contributed by atoms with Gasteiger partial charge in [-0.15, -0.1) is 0 Å². The molecule has 5 nitrogen and oxygen atoms in total. The number of nitrogens with zero attached hydrogens (tertiary/aromatic N) is 2. The van der Waals surface area contributed by atoms with E-state index in [9.17, 15) is 18.0 Å². The van der Waals surface area contributed by atoms with Crippen LogP contribution in [-0.2, 0) is 15.7 Å². The number of carbonyl (C=O) groups excluding carboxylic acids is 1. The zero-order valence-electron chi connectivity index (χ0n) is 10.8. The van der Waals surface area contributed by atoms with Gasteiger partial charge in [-0.25, -0.2) is 4.98 Å². The third-order valence-corrected chi connectivity index (χ3v) is 3.01. The number of morpholine rings is 1. The molecule has 1 N–H and O–H groups in total. The number of aromatic nitrogens is 1. The highest BCUT2D eigenvalue weighted by Crippen LogP contribution is 2.28. The number of halogens is 3. The van der Waals surface area contributed by atoms with Crippen LogP contribution in [0.4, 0.5) is 18.9 Å². The zero-order chi connectivity index (χ0) is 14.8. The number of anilines is 1. The average Bonchev–Trinajstić information content (AvgIpc) is 2.46. The maximum Gasteiger partial charge on any atom is 0.433 e. The molecule has 8 heteroatoms. The number of pyridine rings is 1. The number of hydrogen-bond donors (Lipinski definition) is 1. The van der Waals surface area contributed by atoms with Gasteiger partial charge in [0.25, 0.3) is 5.91 Å². The lowest BCUT2D eigenvalue weighted by Crippen LogP contribution is -2.49. The summed E-state index contributed by atoms with van der Waals surface area (Å²) in [4.78, 5) is 16.7. The molecule has 2 heterocycles. The fraction of sp³-hybridized carbons (Fsp3) is 0.500. The molecule has 1 aromatic rings. The van der Waals surface area contributed by atoms with Crippen LogP contribution < -0.4 is 10.2 Å². The Hall–Kier alpha value is -1.83. The summed E-state index contributed by atoms with van der Waals surface area (Å²) >= 11 is 0. The largest absolute Gasteiger partial charge is 0.433 e. The first-order chi connectivity index (χ1) is 9.41. The molecule has 0 aromatic carbocycles. The van der Waals surface area contributed by atoms with Crippen LogP contribution in [0.2, 0.25) is 0 Å². The lowest BCUT2D eigenvalue weighted by atomic mass is 10.2. The molecule has 0 aliphatic carbocycles. The van der Waals surface area contributed by atoms with Crippen LogP contribution in [-0.4, -0.2) is 43.7 Å². The maximum absolute atomic E-state index is 12.4. The Balaban J connectivity index is 2.09. The van der Waals surface area contributed by atoms with Crippen molar-refractivity contribution in [3.63, 3.8) is 0 Å². The number of alkyl halides is 3. The van der Waals surface area contributed by atoms with Gasteiger partial charge in [0.2, 0.25) is 0 Å². The van der Waals surface area contributed by atoms with Gasteiger partial charge in [-0.3, -0.25) is 4.79 Å². The van der Waals surface area contributed by atoms with E-state index >= 15 is 0 Å². The molecular weight excluding hydrogens is 275 g/mol. The summed E-state index contributed by atoms with van der Waals surface area (Å²) in [5, 5.41) is 2.48. The van der Waals surface area contributed by atoms with E-state index in [1.165, 1.54) is 13.1 Å². The molecule has 1 saturated heterocycles. The van der Waals surface area contributed by atoms with Crippen molar-refractivity contribution in [2.45, 2.75) is 12.3 Å². The SMILES string of the molecule is CNC(=O)C1CN(c2ccc(C(F)(F)F)nc2)CCO1. The van der Waals surface area contributed by atoms with E-state index in [1.54, 1.807) is 4.90 Å². The van der Waals surface area contributed by atoms with Crippen LogP contribution in [0.15, 0.2) is 18.3 Å². The quantitative estimate of drug-likeness (QED) is 0.884. The van der Waals surface area contributed by atoms with Crippen molar-refractivity contribution in [3.05, 3.63) is 24.0 Å². The van der Waals surface area contributed by atoms with Crippen LogP contribution in [0, 0.1) is 0 Å². The van der Waals surface area contributed by atoms with E-state index in [0.29, 0.717) is 18.8 Å². The molecule has 0 radical (unpaired) electrons. The van der Waals surface area contributed by atoms with E-state index in [0.717, 1.165) is 12.3 Å². The van der Waals surface area contributed by atoms with Crippen LogP contribution in [0.1, 0.15) is 5.69 Å². The Morgan fingerprint density at radius 1 is 1.50 bits per heavy atom. The van der Waals surface area contributed by atoms with Gasteiger partial charge >= 0.3 is 6.18 Å². The van der Waals surface area contributed by atoms with Crippen LogP contribution in [0.25, 0.3) is 0 Å². The van der Waals surface area contributed by atoms with Gasteiger partial charge < -0.3 is 15.0 Å². The minimum atomic E-state index is -4.45. The summed E-state index contributed by atoms with van der Waals surface area (Å²) < 4.78 is 42.6. The third kappa shape index (κ3) is 3.19. The van der Waals surface area contributed by atoms with Crippen LogP contribution >= 0.6 is 0 Å². The van der Waals surface area contributed by atoms with Crippen LogP contribution in [0.3, 0.4) is 0 Å². The molecule has 0 spiro atoms. The lowest BCUT2D eigenvalue weighted by Gasteiger charge is -2.33. The number of ether oxygens (including phenoxy) is 1. The minimum Gasteiger partial charge on any atom is -0.365 e. The van der Waals surface area contributed by atoms with E-state index in [1.807, 2.05) is 0 Å². The van der Waals surface area contributed by atoms with E-state index in [2.05, 4.69) is 10.3 Å².